The van der Waals surface area contributed by atoms with Gasteiger partial charge >= 0.3 is 6.18 Å². The summed E-state index contributed by atoms with van der Waals surface area (Å²) >= 11 is 0. The van der Waals surface area contributed by atoms with Crippen LogP contribution in [0.1, 0.15) is 18.1 Å². The molecule has 0 saturated carbocycles. The van der Waals surface area contributed by atoms with Crippen LogP contribution in [0.4, 0.5) is 13.2 Å². The lowest BCUT2D eigenvalue weighted by Gasteiger charge is -2.09. The van der Waals surface area contributed by atoms with Crippen molar-refractivity contribution in [3.05, 3.63) is 35.4 Å². The fourth-order valence-electron chi connectivity index (χ4n) is 1.15. The molecule has 1 aromatic rings. The van der Waals surface area contributed by atoms with Gasteiger partial charge in [-0.15, -0.1) is 0 Å². The Morgan fingerprint density at radius 3 is 2.25 bits per heavy atom. The van der Waals surface area contributed by atoms with Gasteiger partial charge in [-0.3, -0.25) is 0 Å². The van der Waals surface area contributed by atoms with Crippen molar-refractivity contribution in [1.82, 2.24) is 0 Å². The number of hydrogen-bond acceptors (Lipinski definition) is 2. The second-order valence-electron chi connectivity index (χ2n) is 3.69. The minimum atomic E-state index is -4.29. The normalized spacial score (nSPS) is 13.8. The Balaban J connectivity index is 2.52. The molecule has 0 amide bonds. The van der Waals surface area contributed by atoms with Gasteiger partial charge in [0, 0.05) is 6.04 Å². The molecule has 1 rings (SSSR count). The first-order chi connectivity index (χ1) is 7.39. The van der Waals surface area contributed by atoms with E-state index in [1.165, 1.54) is 12.1 Å². The molecule has 90 valence electrons. The standard InChI is InChI=1S/C11H14F3NO/c1-8(15)6-16-7-9-2-4-10(5-3-9)11(12,13)14/h2-5,8H,6-7,15H2,1H3/t8-/m0/s1. The van der Waals surface area contributed by atoms with E-state index < -0.39 is 11.7 Å². The van der Waals surface area contributed by atoms with Crippen molar-refractivity contribution in [2.24, 2.45) is 5.73 Å². The molecule has 5 heteroatoms. The summed E-state index contributed by atoms with van der Waals surface area (Å²) in [5.41, 5.74) is 5.52. The number of alkyl halides is 3. The lowest BCUT2D eigenvalue weighted by molar-refractivity contribution is -0.137. The van der Waals surface area contributed by atoms with Crippen LogP contribution in [0.25, 0.3) is 0 Å². The Bertz CT molecular complexity index is 319. The highest BCUT2D eigenvalue weighted by Gasteiger charge is 2.29. The number of halogens is 3. The molecule has 0 heterocycles. The topological polar surface area (TPSA) is 35.2 Å². The van der Waals surface area contributed by atoms with Gasteiger partial charge in [-0.25, -0.2) is 0 Å². The SMILES string of the molecule is C[C@H](N)COCc1ccc(C(F)(F)F)cc1. The van der Waals surface area contributed by atoms with Gasteiger partial charge in [-0.2, -0.15) is 13.2 Å². The molecular formula is C11H14F3NO. The average Bonchev–Trinajstić information content (AvgIpc) is 2.16. The third-order valence-electron chi connectivity index (χ3n) is 1.93. The zero-order chi connectivity index (χ0) is 12.2. The van der Waals surface area contributed by atoms with Crippen LogP contribution in [0.15, 0.2) is 24.3 Å². The van der Waals surface area contributed by atoms with E-state index in [1.54, 1.807) is 6.92 Å². The van der Waals surface area contributed by atoms with Crippen molar-refractivity contribution >= 4 is 0 Å². The van der Waals surface area contributed by atoms with E-state index >= 15 is 0 Å². The lowest BCUT2D eigenvalue weighted by atomic mass is 10.1. The summed E-state index contributed by atoms with van der Waals surface area (Å²) in [7, 11) is 0. The van der Waals surface area contributed by atoms with Crippen LogP contribution in [0.5, 0.6) is 0 Å². The maximum absolute atomic E-state index is 12.2. The predicted octanol–water partition coefficient (Wildman–Crippen LogP) is 2.57. The third kappa shape index (κ3) is 4.20. The first kappa shape index (κ1) is 13.0. The van der Waals surface area contributed by atoms with Crippen molar-refractivity contribution in [3.63, 3.8) is 0 Å². The number of rotatable bonds is 4. The van der Waals surface area contributed by atoms with E-state index in [2.05, 4.69) is 0 Å². The van der Waals surface area contributed by atoms with E-state index in [0.29, 0.717) is 12.2 Å². The molecule has 0 aromatic heterocycles. The lowest BCUT2D eigenvalue weighted by Crippen LogP contribution is -2.21. The maximum Gasteiger partial charge on any atom is 0.416 e. The Kier molecular flexibility index (Phi) is 4.32. The van der Waals surface area contributed by atoms with Gasteiger partial charge in [0.2, 0.25) is 0 Å². The zero-order valence-corrected chi connectivity index (χ0v) is 8.92. The molecule has 0 fully saturated rings. The predicted molar refractivity (Wildman–Crippen MR) is 54.7 cm³/mol. The number of hydrogen-bond donors (Lipinski definition) is 1. The highest BCUT2D eigenvalue weighted by molar-refractivity contribution is 5.24. The smallest absolute Gasteiger partial charge is 0.375 e. The Morgan fingerprint density at radius 2 is 1.81 bits per heavy atom. The van der Waals surface area contributed by atoms with Crippen LogP contribution >= 0.6 is 0 Å². The maximum atomic E-state index is 12.2. The Labute approximate surface area is 92.2 Å². The number of benzene rings is 1. The van der Waals surface area contributed by atoms with Gasteiger partial charge in [0.05, 0.1) is 18.8 Å². The summed E-state index contributed by atoms with van der Waals surface area (Å²) in [6.45, 7) is 2.47. The van der Waals surface area contributed by atoms with Gasteiger partial charge in [-0.1, -0.05) is 12.1 Å². The van der Waals surface area contributed by atoms with Gasteiger partial charge in [-0.05, 0) is 24.6 Å². The van der Waals surface area contributed by atoms with Crippen LogP contribution < -0.4 is 5.73 Å². The second kappa shape index (κ2) is 5.32. The first-order valence-corrected chi connectivity index (χ1v) is 4.89. The quantitative estimate of drug-likeness (QED) is 0.867. The molecule has 0 unspecified atom stereocenters. The van der Waals surface area contributed by atoms with Crippen molar-refractivity contribution < 1.29 is 17.9 Å². The Morgan fingerprint density at radius 1 is 1.25 bits per heavy atom. The van der Waals surface area contributed by atoms with Gasteiger partial charge < -0.3 is 10.5 Å². The molecule has 0 bridgehead atoms. The van der Waals surface area contributed by atoms with Crippen LogP contribution in [0, 0.1) is 0 Å². The molecule has 0 radical (unpaired) electrons. The molecule has 2 N–H and O–H groups in total. The van der Waals surface area contributed by atoms with E-state index in [-0.39, 0.29) is 12.6 Å². The molecule has 0 spiro atoms. The monoisotopic (exact) mass is 233 g/mol. The summed E-state index contributed by atoms with van der Waals surface area (Å²) in [5.74, 6) is 0. The third-order valence-corrected chi connectivity index (χ3v) is 1.93. The van der Waals surface area contributed by atoms with Crippen LogP contribution in [-0.4, -0.2) is 12.6 Å². The molecule has 0 saturated heterocycles. The molecule has 1 aromatic carbocycles. The molecule has 2 nitrogen and oxygen atoms in total. The van der Waals surface area contributed by atoms with E-state index in [9.17, 15) is 13.2 Å². The molecular weight excluding hydrogens is 219 g/mol. The van der Waals surface area contributed by atoms with Crippen molar-refractivity contribution in [1.29, 1.82) is 0 Å². The number of nitrogens with two attached hydrogens (primary N) is 1. The van der Waals surface area contributed by atoms with Crippen molar-refractivity contribution in [2.75, 3.05) is 6.61 Å². The van der Waals surface area contributed by atoms with Crippen LogP contribution in [0.3, 0.4) is 0 Å². The van der Waals surface area contributed by atoms with E-state index in [1.807, 2.05) is 0 Å². The van der Waals surface area contributed by atoms with E-state index in [0.717, 1.165) is 12.1 Å². The summed E-state index contributed by atoms with van der Waals surface area (Å²) < 4.78 is 41.9. The van der Waals surface area contributed by atoms with Crippen LogP contribution in [0.2, 0.25) is 0 Å². The fraction of sp³-hybridized carbons (Fsp3) is 0.455. The average molecular weight is 233 g/mol. The fourth-order valence-corrected chi connectivity index (χ4v) is 1.15. The van der Waals surface area contributed by atoms with E-state index in [4.69, 9.17) is 10.5 Å². The summed E-state index contributed by atoms with van der Waals surface area (Å²) in [6, 6.07) is 4.83. The molecule has 16 heavy (non-hydrogen) atoms. The minimum absolute atomic E-state index is 0.0746. The van der Waals surface area contributed by atoms with Crippen LogP contribution in [-0.2, 0) is 17.5 Å². The molecule has 0 aliphatic heterocycles. The largest absolute Gasteiger partial charge is 0.416 e. The van der Waals surface area contributed by atoms with Gasteiger partial charge in [0.25, 0.3) is 0 Å². The zero-order valence-electron chi connectivity index (χ0n) is 8.92. The summed E-state index contributed by atoms with van der Waals surface area (Å²) in [4.78, 5) is 0. The highest BCUT2D eigenvalue weighted by Crippen LogP contribution is 2.29. The molecule has 0 aliphatic rings. The second-order valence-corrected chi connectivity index (χ2v) is 3.69. The molecule has 0 aliphatic carbocycles. The van der Waals surface area contributed by atoms with Gasteiger partial charge in [0.15, 0.2) is 0 Å². The summed E-state index contributed by atoms with van der Waals surface area (Å²) in [6.07, 6.45) is -4.29. The van der Waals surface area contributed by atoms with Crippen molar-refractivity contribution in [3.8, 4) is 0 Å². The first-order valence-electron chi connectivity index (χ1n) is 4.89. The number of ether oxygens (including phenoxy) is 1. The molecule has 1 atom stereocenters. The highest BCUT2D eigenvalue weighted by atomic mass is 19.4. The van der Waals surface area contributed by atoms with Gasteiger partial charge in [0.1, 0.15) is 0 Å². The van der Waals surface area contributed by atoms with Crippen molar-refractivity contribution in [2.45, 2.75) is 25.7 Å². The minimum Gasteiger partial charge on any atom is -0.375 e. The summed E-state index contributed by atoms with van der Waals surface area (Å²) in [5, 5.41) is 0. The Hall–Kier alpha value is -1.07.